The molecule has 1 rings (SSSR count). The Balaban J connectivity index is 1.70. The summed E-state index contributed by atoms with van der Waals surface area (Å²) in [7, 11) is 0. The van der Waals surface area contributed by atoms with Gasteiger partial charge in [0, 0.05) is 39.6 Å². The van der Waals surface area contributed by atoms with Crippen molar-refractivity contribution in [2.75, 3.05) is 52.9 Å². The molecule has 0 aliphatic carbocycles. The standard InChI is InChI=1S/C19H32O5/c20-10-6-13-21-11-4-5-12-22-14-7-15-23-16-17-24-18-19-8-2-1-3-9-19/h1-3,8-9,20H,4-7,10-18H2. The quantitative estimate of drug-likeness (QED) is 0.442. The van der Waals surface area contributed by atoms with Crippen LogP contribution in [0.1, 0.15) is 31.2 Å². The highest BCUT2D eigenvalue weighted by Crippen LogP contribution is 2.00. The first-order valence-electron chi connectivity index (χ1n) is 8.89. The van der Waals surface area contributed by atoms with Gasteiger partial charge >= 0.3 is 0 Å². The molecule has 0 radical (unpaired) electrons. The number of benzene rings is 1. The maximum atomic E-state index is 8.60. The van der Waals surface area contributed by atoms with Crippen LogP contribution in [0.5, 0.6) is 0 Å². The van der Waals surface area contributed by atoms with Gasteiger partial charge in [-0.25, -0.2) is 0 Å². The smallest absolute Gasteiger partial charge is 0.0718 e. The fourth-order valence-electron chi connectivity index (χ4n) is 2.03. The maximum absolute atomic E-state index is 8.60. The predicted molar refractivity (Wildman–Crippen MR) is 94.1 cm³/mol. The lowest BCUT2D eigenvalue weighted by Gasteiger charge is -2.07. The number of rotatable bonds is 17. The molecule has 0 saturated heterocycles. The van der Waals surface area contributed by atoms with Crippen molar-refractivity contribution in [3.63, 3.8) is 0 Å². The van der Waals surface area contributed by atoms with Gasteiger partial charge in [0.2, 0.25) is 0 Å². The summed E-state index contributed by atoms with van der Waals surface area (Å²) in [5.74, 6) is 0. The molecule has 5 nitrogen and oxygen atoms in total. The van der Waals surface area contributed by atoms with Crippen LogP contribution in [0, 0.1) is 0 Å². The van der Waals surface area contributed by atoms with Crippen LogP contribution in [0.15, 0.2) is 30.3 Å². The van der Waals surface area contributed by atoms with Gasteiger partial charge in [-0.1, -0.05) is 30.3 Å². The Kier molecular flexibility index (Phi) is 14.8. The van der Waals surface area contributed by atoms with Crippen LogP contribution in [0.4, 0.5) is 0 Å². The lowest BCUT2D eigenvalue weighted by atomic mass is 10.2. The monoisotopic (exact) mass is 340 g/mol. The van der Waals surface area contributed by atoms with Crippen LogP contribution >= 0.6 is 0 Å². The van der Waals surface area contributed by atoms with Crippen molar-refractivity contribution < 1.29 is 24.1 Å². The Hall–Kier alpha value is -0.980. The fourth-order valence-corrected chi connectivity index (χ4v) is 2.03. The average Bonchev–Trinajstić information content (AvgIpc) is 2.62. The molecule has 0 aromatic heterocycles. The van der Waals surface area contributed by atoms with Crippen molar-refractivity contribution in [1.82, 2.24) is 0 Å². The lowest BCUT2D eigenvalue weighted by molar-refractivity contribution is 0.0292. The third-order valence-corrected chi connectivity index (χ3v) is 3.34. The van der Waals surface area contributed by atoms with Gasteiger partial charge in [0.1, 0.15) is 0 Å². The molecule has 0 fully saturated rings. The van der Waals surface area contributed by atoms with E-state index in [0.29, 0.717) is 39.5 Å². The second kappa shape index (κ2) is 16.9. The molecule has 0 spiro atoms. The van der Waals surface area contributed by atoms with E-state index in [1.165, 1.54) is 5.56 Å². The van der Waals surface area contributed by atoms with Crippen molar-refractivity contribution in [1.29, 1.82) is 0 Å². The summed E-state index contributed by atoms with van der Waals surface area (Å²) in [6, 6.07) is 10.1. The molecule has 0 aliphatic rings. The molecule has 1 N–H and O–H groups in total. The lowest BCUT2D eigenvalue weighted by Crippen LogP contribution is -2.07. The molecule has 0 bridgehead atoms. The van der Waals surface area contributed by atoms with Crippen molar-refractivity contribution in [3.05, 3.63) is 35.9 Å². The van der Waals surface area contributed by atoms with E-state index in [4.69, 9.17) is 24.1 Å². The molecule has 24 heavy (non-hydrogen) atoms. The highest BCUT2D eigenvalue weighted by atomic mass is 16.5. The Labute approximate surface area is 145 Å². The minimum atomic E-state index is 0.199. The van der Waals surface area contributed by atoms with E-state index in [0.717, 1.165) is 39.1 Å². The predicted octanol–water partition coefficient (Wildman–Crippen LogP) is 2.81. The van der Waals surface area contributed by atoms with E-state index in [9.17, 15) is 0 Å². The summed E-state index contributed by atoms with van der Waals surface area (Å²) in [5.41, 5.74) is 1.18. The third-order valence-electron chi connectivity index (χ3n) is 3.34. The summed E-state index contributed by atoms with van der Waals surface area (Å²) >= 11 is 0. The van der Waals surface area contributed by atoms with Crippen LogP contribution < -0.4 is 0 Å². The molecule has 5 heteroatoms. The number of ether oxygens (including phenoxy) is 4. The summed E-state index contributed by atoms with van der Waals surface area (Å²) in [6.45, 7) is 5.67. The van der Waals surface area contributed by atoms with Crippen molar-refractivity contribution >= 4 is 0 Å². The Morgan fingerprint density at radius 2 is 1.12 bits per heavy atom. The van der Waals surface area contributed by atoms with Crippen molar-refractivity contribution in [2.45, 2.75) is 32.3 Å². The van der Waals surface area contributed by atoms with E-state index in [1.807, 2.05) is 18.2 Å². The Morgan fingerprint density at radius 3 is 1.79 bits per heavy atom. The molecular weight excluding hydrogens is 308 g/mol. The molecule has 0 amide bonds. The molecule has 1 aromatic rings. The van der Waals surface area contributed by atoms with E-state index in [-0.39, 0.29) is 6.61 Å². The van der Waals surface area contributed by atoms with Crippen LogP contribution in [0.3, 0.4) is 0 Å². The second-order valence-electron chi connectivity index (χ2n) is 5.51. The summed E-state index contributed by atoms with van der Waals surface area (Å²) < 4.78 is 21.9. The first kappa shape index (κ1) is 21.1. The van der Waals surface area contributed by atoms with E-state index in [1.54, 1.807) is 0 Å². The van der Waals surface area contributed by atoms with E-state index in [2.05, 4.69) is 12.1 Å². The normalized spacial score (nSPS) is 11.0. The van der Waals surface area contributed by atoms with Gasteiger partial charge in [0.15, 0.2) is 0 Å². The van der Waals surface area contributed by atoms with E-state index >= 15 is 0 Å². The van der Waals surface area contributed by atoms with Gasteiger partial charge in [0.25, 0.3) is 0 Å². The molecule has 0 aliphatic heterocycles. The summed E-state index contributed by atoms with van der Waals surface area (Å²) in [6.07, 6.45) is 3.63. The molecular formula is C19H32O5. The minimum absolute atomic E-state index is 0.199. The number of aliphatic hydroxyl groups is 1. The first-order valence-corrected chi connectivity index (χ1v) is 8.89. The molecule has 0 saturated carbocycles. The van der Waals surface area contributed by atoms with Gasteiger partial charge in [-0.2, -0.15) is 0 Å². The molecule has 138 valence electrons. The van der Waals surface area contributed by atoms with Gasteiger partial charge in [0.05, 0.1) is 19.8 Å². The molecule has 0 heterocycles. The van der Waals surface area contributed by atoms with Gasteiger partial charge in [-0.3, -0.25) is 0 Å². The highest BCUT2D eigenvalue weighted by molar-refractivity contribution is 5.13. The van der Waals surface area contributed by atoms with Crippen LogP contribution in [-0.4, -0.2) is 58.0 Å². The zero-order valence-corrected chi connectivity index (χ0v) is 14.7. The first-order chi connectivity index (χ1) is 11.9. The Morgan fingerprint density at radius 1 is 0.583 bits per heavy atom. The highest BCUT2D eigenvalue weighted by Gasteiger charge is 1.94. The van der Waals surface area contributed by atoms with Crippen LogP contribution in [0.25, 0.3) is 0 Å². The zero-order chi connectivity index (χ0) is 17.1. The average molecular weight is 340 g/mol. The van der Waals surface area contributed by atoms with Gasteiger partial charge < -0.3 is 24.1 Å². The molecule has 1 aromatic carbocycles. The number of hydrogen-bond donors (Lipinski definition) is 1. The van der Waals surface area contributed by atoms with Gasteiger partial charge in [-0.05, 0) is 31.2 Å². The minimum Gasteiger partial charge on any atom is -0.396 e. The SMILES string of the molecule is OCCCOCCCCOCCCOCCOCc1ccccc1. The van der Waals surface area contributed by atoms with Crippen LogP contribution in [0.2, 0.25) is 0 Å². The van der Waals surface area contributed by atoms with Crippen LogP contribution in [-0.2, 0) is 25.6 Å². The topological polar surface area (TPSA) is 57.2 Å². The Bertz CT molecular complexity index is 358. The van der Waals surface area contributed by atoms with Crippen molar-refractivity contribution in [3.8, 4) is 0 Å². The summed E-state index contributed by atoms with van der Waals surface area (Å²) in [5, 5.41) is 8.60. The van der Waals surface area contributed by atoms with Gasteiger partial charge in [-0.15, -0.1) is 0 Å². The third kappa shape index (κ3) is 13.5. The largest absolute Gasteiger partial charge is 0.396 e. The molecule has 0 unspecified atom stereocenters. The number of unbranched alkanes of at least 4 members (excludes halogenated alkanes) is 1. The fraction of sp³-hybridized carbons (Fsp3) is 0.684. The molecule has 0 atom stereocenters. The second-order valence-corrected chi connectivity index (χ2v) is 5.51. The van der Waals surface area contributed by atoms with E-state index < -0.39 is 0 Å². The number of hydrogen-bond acceptors (Lipinski definition) is 5. The van der Waals surface area contributed by atoms with Crippen molar-refractivity contribution in [2.24, 2.45) is 0 Å². The summed E-state index contributed by atoms with van der Waals surface area (Å²) in [4.78, 5) is 0. The number of aliphatic hydroxyl groups excluding tert-OH is 1. The maximum Gasteiger partial charge on any atom is 0.0718 e. The zero-order valence-electron chi connectivity index (χ0n) is 14.7.